The van der Waals surface area contributed by atoms with Crippen molar-refractivity contribution in [3.63, 3.8) is 0 Å². The predicted octanol–water partition coefficient (Wildman–Crippen LogP) is 2.05. The Labute approximate surface area is 118 Å². The average Bonchev–Trinajstić information content (AvgIpc) is 2.39. The summed E-state index contributed by atoms with van der Waals surface area (Å²) in [6.07, 6.45) is 0.493. The summed E-state index contributed by atoms with van der Waals surface area (Å²) in [5, 5.41) is 11.4. The van der Waals surface area contributed by atoms with Crippen LogP contribution in [-0.4, -0.2) is 29.6 Å². The molecule has 1 aromatic carbocycles. The third-order valence-corrected chi connectivity index (χ3v) is 3.19. The fraction of sp³-hybridized carbons (Fsp3) is 0.467. The molecule has 2 N–H and O–H groups in total. The first kappa shape index (κ1) is 16.0. The van der Waals surface area contributed by atoms with E-state index in [0.717, 1.165) is 11.1 Å². The van der Waals surface area contributed by atoms with Gasteiger partial charge in [0.2, 0.25) is 0 Å². The van der Waals surface area contributed by atoms with Crippen molar-refractivity contribution < 1.29 is 19.4 Å². The number of aryl methyl sites for hydroxylation is 1. The Morgan fingerprint density at radius 3 is 2.65 bits per heavy atom. The fourth-order valence-corrected chi connectivity index (χ4v) is 1.80. The van der Waals surface area contributed by atoms with Crippen molar-refractivity contribution in [3.05, 3.63) is 29.3 Å². The SMILES string of the molecule is CCC(CC(=O)O)NC(=O)COc1cccc(C)c1C. The molecule has 0 saturated carbocycles. The van der Waals surface area contributed by atoms with Gasteiger partial charge in [-0.2, -0.15) is 0 Å². The van der Waals surface area contributed by atoms with Gasteiger partial charge in [-0.05, 0) is 37.5 Å². The lowest BCUT2D eigenvalue weighted by Gasteiger charge is -2.16. The largest absolute Gasteiger partial charge is 0.483 e. The molecule has 1 unspecified atom stereocenters. The van der Waals surface area contributed by atoms with Gasteiger partial charge in [0.05, 0.1) is 6.42 Å². The number of rotatable bonds is 7. The van der Waals surface area contributed by atoms with Crippen molar-refractivity contribution in [3.8, 4) is 5.75 Å². The molecule has 0 aromatic heterocycles. The standard InChI is InChI=1S/C15H21NO4/c1-4-12(8-15(18)19)16-14(17)9-20-13-7-5-6-10(2)11(13)3/h5-7,12H,4,8-9H2,1-3H3,(H,16,17)(H,18,19). The van der Waals surface area contributed by atoms with E-state index >= 15 is 0 Å². The molecule has 1 aromatic rings. The second kappa shape index (κ2) is 7.53. The molecule has 0 aliphatic carbocycles. The van der Waals surface area contributed by atoms with Crippen LogP contribution in [0.25, 0.3) is 0 Å². The maximum atomic E-state index is 11.7. The number of carboxylic acids is 1. The van der Waals surface area contributed by atoms with Gasteiger partial charge in [-0.1, -0.05) is 19.1 Å². The highest BCUT2D eigenvalue weighted by Crippen LogP contribution is 2.20. The minimum atomic E-state index is -0.924. The van der Waals surface area contributed by atoms with E-state index in [9.17, 15) is 9.59 Å². The van der Waals surface area contributed by atoms with Gasteiger partial charge in [-0.25, -0.2) is 0 Å². The van der Waals surface area contributed by atoms with Gasteiger partial charge in [-0.3, -0.25) is 9.59 Å². The number of hydrogen-bond acceptors (Lipinski definition) is 3. The van der Waals surface area contributed by atoms with Crippen LogP contribution in [0.2, 0.25) is 0 Å². The summed E-state index contributed by atoms with van der Waals surface area (Å²) in [5.74, 6) is -0.557. The molecule has 1 amide bonds. The van der Waals surface area contributed by atoms with Crippen LogP contribution in [0.3, 0.4) is 0 Å². The molecule has 1 atom stereocenters. The Morgan fingerprint density at radius 2 is 2.05 bits per heavy atom. The minimum Gasteiger partial charge on any atom is -0.483 e. The second-order valence-electron chi connectivity index (χ2n) is 4.76. The zero-order valence-electron chi connectivity index (χ0n) is 12.1. The molecule has 110 valence electrons. The number of hydrogen-bond donors (Lipinski definition) is 2. The molecule has 5 nitrogen and oxygen atoms in total. The molecule has 0 aliphatic heterocycles. The molecule has 20 heavy (non-hydrogen) atoms. The quantitative estimate of drug-likeness (QED) is 0.801. The number of nitrogens with one attached hydrogen (secondary N) is 1. The van der Waals surface area contributed by atoms with Gasteiger partial charge in [0.15, 0.2) is 6.61 Å². The average molecular weight is 279 g/mol. The van der Waals surface area contributed by atoms with Crippen molar-refractivity contribution in [2.24, 2.45) is 0 Å². The molecule has 0 radical (unpaired) electrons. The van der Waals surface area contributed by atoms with E-state index in [2.05, 4.69) is 5.32 Å². The summed E-state index contributed by atoms with van der Waals surface area (Å²) in [6.45, 7) is 5.63. The Morgan fingerprint density at radius 1 is 1.35 bits per heavy atom. The summed E-state index contributed by atoms with van der Waals surface area (Å²) in [6, 6.07) is 5.29. The van der Waals surface area contributed by atoms with Crippen LogP contribution in [-0.2, 0) is 9.59 Å². The minimum absolute atomic E-state index is 0.0777. The first-order valence-electron chi connectivity index (χ1n) is 6.64. The maximum absolute atomic E-state index is 11.7. The van der Waals surface area contributed by atoms with Crippen molar-refractivity contribution >= 4 is 11.9 Å². The van der Waals surface area contributed by atoms with Gasteiger partial charge >= 0.3 is 5.97 Å². The molecular formula is C15H21NO4. The molecule has 0 fully saturated rings. The topological polar surface area (TPSA) is 75.6 Å². The van der Waals surface area contributed by atoms with Crippen LogP contribution in [0.4, 0.5) is 0 Å². The van der Waals surface area contributed by atoms with E-state index in [0.29, 0.717) is 12.2 Å². The molecule has 0 spiro atoms. The number of carbonyl (C=O) groups is 2. The Hall–Kier alpha value is -2.04. The van der Waals surface area contributed by atoms with Gasteiger partial charge in [0, 0.05) is 6.04 Å². The van der Waals surface area contributed by atoms with Crippen LogP contribution in [0.15, 0.2) is 18.2 Å². The number of carboxylic acid groups (broad SMARTS) is 1. The van der Waals surface area contributed by atoms with E-state index in [1.165, 1.54) is 0 Å². The molecular weight excluding hydrogens is 258 g/mol. The number of benzene rings is 1. The highest BCUT2D eigenvalue weighted by Gasteiger charge is 2.14. The summed E-state index contributed by atoms with van der Waals surface area (Å²) in [5.41, 5.74) is 2.10. The summed E-state index contributed by atoms with van der Waals surface area (Å²) < 4.78 is 5.47. The molecule has 0 bridgehead atoms. The lowest BCUT2D eigenvalue weighted by molar-refractivity contribution is -0.137. The predicted molar refractivity (Wildman–Crippen MR) is 75.9 cm³/mol. The lowest BCUT2D eigenvalue weighted by atomic mass is 10.1. The van der Waals surface area contributed by atoms with Gasteiger partial charge in [0.1, 0.15) is 5.75 Å². The zero-order valence-corrected chi connectivity index (χ0v) is 12.1. The molecule has 1 rings (SSSR count). The first-order valence-corrected chi connectivity index (χ1v) is 6.64. The van der Waals surface area contributed by atoms with Crippen LogP contribution < -0.4 is 10.1 Å². The highest BCUT2D eigenvalue weighted by atomic mass is 16.5. The van der Waals surface area contributed by atoms with Crippen molar-refractivity contribution in [1.29, 1.82) is 0 Å². The molecule has 5 heteroatoms. The highest BCUT2D eigenvalue weighted by molar-refractivity contribution is 5.78. The summed E-state index contributed by atoms with van der Waals surface area (Å²) in [7, 11) is 0. The first-order chi connectivity index (χ1) is 9.43. The Kier molecular flexibility index (Phi) is 6.03. The van der Waals surface area contributed by atoms with E-state index in [-0.39, 0.29) is 25.0 Å². The summed E-state index contributed by atoms with van der Waals surface area (Å²) >= 11 is 0. The van der Waals surface area contributed by atoms with E-state index in [1.54, 1.807) is 0 Å². The van der Waals surface area contributed by atoms with E-state index in [4.69, 9.17) is 9.84 Å². The monoisotopic (exact) mass is 279 g/mol. The second-order valence-corrected chi connectivity index (χ2v) is 4.76. The molecule has 0 saturated heterocycles. The van der Waals surface area contributed by atoms with Gasteiger partial charge in [0.25, 0.3) is 5.91 Å². The number of aliphatic carboxylic acids is 1. The van der Waals surface area contributed by atoms with E-state index in [1.807, 2.05) is 39.0 Å². The number of ether oxygens (including phenoxy) is 1. The maximum Gasteiger partial charge on any atom is 0.305 e. The van der Waals surface area contributed by atoms with Gasteiger partial charge < -0.3 is 15.2 Å². The normalized spacial score (nSPS) is 11.8. The lowest BCUT2D eigenvalue weighted by Crippen LogP contribution is -2.38. The third kappa shape index (κ3) is 4.91. The summed E-state index contributed by atoms with van der Waals surface area (Å²) in [4.78, 5) is 22.4. The number of carbonyl (C=O) groups excluding carboxylic acids is 1. The van der Waals surface area contributed by atoms with E-state index < -0.39 is 5.97 Å². The molecule has 0 heterocycles. The van der Waals surface area contributed by atoms with Crippen LogP contribution >= 0.6 is 0 Å². The zero-order chi connectivity index (χ0) is 15.1. The smallest absolute Gasteiger partial charge is 0.305 e. The fourth-order valence-electron chi connectivity index (χ4n) is 1.80. The van der Waals surface area contributed by atoms with Crippen LogP contribution in [0.5, 0.6) is 5.75 Å². The third-order valence-electron chi connectivity index (χ3n) is 3.19. The van der Waals surface area contributed by atoms with Crippen LogP contribution in [0.1, 0.15) is 30.9 Å². The Balaban J connectivity index is 2.50. The number of amides is 1. The van der Waals surface area contributed by atoms with Gasteiger partial charge in [-0.15, -0.1) is 0 Å². The van der Waals surface area contributed by atoms with Crippen molar-refractivity contribution in [2.45, 2.75) is 39.7 Å². The van der Waals surface area contributed by atoms with Crippen molar-refractivity contribution in [2.75, 3.05) is 6.61 Å². The Bertz CT molecular complexity index is 485. The van der Waals surface area contributed by atoms with Crippen molar-refractivity contribution in [1.82, 2.24) is 5.32 Å². The van der Waals surface area contributed by atoms with Crippen LogP contribution in [0, 0.1) is 13.8 Å². The molecule has 0 aliphatic rings.